The van der Waals surface area contributed by atoms with E-state index >= 15 is 0 Å². The Bertz CT molecular complexity index is 975. The van der Waals surface area contributed by atoms with E-state index in [-0.39, 0.29) is 0 Å². The average Bonchev–Trinajstić information content (AvgIpc) is 2.53. The predicted octanol–water partition coefficient (Wildman–Crippen LogP) is 4.40. The maximum atomic E-state index is 13.0. The summed E-state index contributed by atoms with van der Waals surface area (Å²) in [6.45, 7) is 0. The van der Waals surface area contributed by atoms with Crippen LogP contribution in [0.3, 0.4) is 0 Å². The van der Waals surface area contributed by atoms with Gasteiger partial charge in [-0.25, -0.2) is 8.42 Å². The molecule has 0 aliphatic heterocycles. The highest BCUT2D eigenvalue weighted by Crippen LogP contribution is 2.36. The van der Waals surface area contributed by atoms with Gasteiger partial charge in [-0.15, -0.1) is 0 Å². The van der Waals surface area contributed by atoms with Crippen LogP contribution in [0.2, 0.25) is 0 Å². The number of alkyl halides is 6. The molecule has 0 amide bonds. The molecule has 11 heteroatoms. The lowest BCUT2D eigenvalue weighted by Crippen LogP contribution is -2.19. The molecule has 0 spiro atoms. The van der Waals surface area contributed by atoms with Gasteiger partial charge >= 0.3 is 12.4 Å². The lowest BCUT2D eigenvalue weighted by atomic mass is 10.1. The highest BCUT2D eigenvalue weighted by Gasteiger charge is 2.37. The number of nitriles is 1. The summed E-state index contributed by atoms with van der Waals surface area (Å²) in [6, 6.07) is 6.23. The van der Waals surface area contributed by atoms with Crippen LogP contribution in [0.25, 0.3) is 0 Å². The minimum absolute atomic E-state index is 0.396. The maximum Gasteiger partial charge on any atom is 0.417 e. The zero-order valence-electron chi connectivity index (χ0n) is 12.5. The molecule has 0 aliphatic carbocycles. The predicted molar refractivity (Wildman–Crippen MR) is 78.4 cm³/mol. The number of nitrogens with one attached hydrogen (secondary N) is 1. The summed E-state index contributed by atoms with van der Waals surface area (Å²) < 4.78 is 103. The number of nitrogens with zero attached hydrogens (tertiary/aromatic N) is 1. The van der Waals surface area contributed by atoms with Gasteiger partial charge in [0.05, 0.1) is 27.3 Å². The second-order valence-electron chi connectivity index (χ2n) is 4.97. The minimum Gasteiger partial charge on any atom is -0.278 e. The van der Waals surface area contributed by atoms with Crippen molar-refractivity contribution in [2.75, 3.05) is 4.72 Å². The number of rotatable bonds is 3. The second kappa shape index (κ2) is 6.53. The van der Waals surface area contributed by atoms with Crippen LogP contribution in [0.5, 0.6) is 0 Å². The van der Waals surface area contributed by atoms with Crippen LogP contribution in [0.4, 0.5) is 32.0 Å². The van der Waals surface area contributed by atoms with E-state index in [1.807, 2.05) is 0 Å². The first kappa shape index (κ1) is 19.6. The van der Waals surface area contributed by atoms with E-state index in [1.165, 1.54) is 6.07 Å². The van der Waals surface area contributed by atoms with Crippen molar-refractivity contribution in [3.63, 3.8) is 0 Å². The lowest BCUT2D eigenvalue weighted by Gasteiger charge is -2.15. The van der Waals surface area contributed by atoms with Crippen molar-refractivity contribution >= 4 is 15.7 Å². The summed E-state index contributed by atoms with van der Waals surface area (Å²) in [5, 5.41) is 8.93. The molecule has 0 atom stereocenters. The molecule has 26 heavy (non-hydrogen) atoms. The van der Waals surface area contributed by atoms with Crippen molar-refractivity contribution in [2.24, 2.45) is 0 Å². The van der Waals surface area contributed by atoms with E-state index in [0.717, 1.165) is 12.1 Å². The normalized spacial score (nSPS) is 12.5. The third-order valence-electron chi connectivity index (χ3n) is 3.19. The van der Waals surface area contributed by atoms with Gasteiger partial charge in [0.1, 0.15) is 6.07 Å². The first-order valence-electron chi connectivity index (χ1n) is 6.66. The SMILES string of the molecule is N#Cc1cc(C(F)(F)F)ccc1NS(=O)(=O)c1ccccc1C(F)(F)F. The molecule has 0 radical (unpaired) electrons. The van der Waals surface area contributed by atoms with E-state index < -0.39 is 49.6 Å². The number of hydrogen-bond donors (Lipinski definition) is 1. The molecule has 0 saturated carbocycles. The molecule has 0 aromatic heterocycles. The fraction of sp³-hybridized carbons (Fsp3) is 0.133. The summed E-state index contributed by atoms with van der Waals surface area (Å²) in [4.78, 5) is -1.11. The van der Waals surface area contributed by atoms with Crippen LogP contribution in [-0.2, 0) is 22.4 Å². The molecular formula is C15H8F6N2O2S. The van der Waals surface area contributed by atoms with Gasteiger partial charge in [-0.2, -0.15) is 31.6 Å². The van der Waals surface area contributed by atoms with Gasteiger partial charge in [0.25, 0.3) is 10.0 Å². The van der Waals surface area contributed by atoms with Gasteiger partial charge in [-0.3, -0.25) is 4.72 Å². The zero-order chi connectivity index (χ0) is 19.8. The van der Waals surface area contributed by atoms with Crippen LogP contribution in [0.1, 0.15) is 16.7 Å². The molecule has 0 aliphatic rings. The van der Waals surface area contributed by atoms with Crippen LogP contribution in [-0.4, -0.2) is 8.42 Å². The van der Waals surface area contributed by atoms with Gasteiger partial charge in [0.15, 0.2) is 0 Å². The molecule has 0 saturated heterocycles. The summed E-state index contributed by atoms with van der Waals surface area (Å²) in [5.41, 5.74) is -3.91. The summed E-state index contributed by atoms with van der Waals surface area (Å²) >= 11 is 0. The molecule has 0 bridgehead atoms. The van der Waals surface area contributed by atoms with E-state index in [9.17, 15) is 34.8 Å². The van der Waals surface area contributed by atoms with Crippen molar-refractivity contribution in [3.8, 4) is 6.07 Å². The average molecular weight is 394 g/mol. The Morgan fingerprint density at radius 3 is 2.08 bits per heavy atom. The van der Waals surface area contributed by atoms with E-state index in [4.69, 9.17) is 5.26 Å². The molecule has 2 rings (SSSR count). The standard InChI is InChI=1S/C15H8F6N2O2S/c16-14(17,18)10-5-6-12(9(7-10)8-22)23-26(24,25)13-4-2-1-3-11(13)15(19,20)21/h1-7,23H. The Morgan fingerprint density at radius 2 is 1.54 bits per heavy atom. The van der Waals surface area contributed by atoms with Crippen molar-refractivity contribution in [3.05, 3.63) is 59.2 Å². The quantitative estimate of drug-likeness (QED) is 0.785. The first-order chi connectivity index (χ1) is 11.9. The van der Waals surface area contributed by atoms with Crippen LogP contribution in [0.15, 0.2) is 47.4 Å². The van der Waals surface area contributed by atoms with Gasteiger partial charge in [0, 0.05) is 0 Å². The molecule has 138 valence electrons. The van der Waals surface area contributed by atoms with Crippen LogP contribution < -0.4 is 4.72 Å². The monoisotopic (exact) mass is 394 g/mol. The Morgan fingerprint density at radius 1 is 0.923 bits per heavy atom. The lowest BCUT2D eigenvalue weighted by molar-refractivity contribution is -0.140. The van der Waals surface area contributed by atoms with Crippen molar-refractivity contribution in [2.45, 2.75) is 17.2 Å². The van der Waals surface area contributed by atoms with Crippen LogP contribution in [0, 0.1) is 11.3 Å². The number of benzene rings is 2. The molecule has 1 N–H and O–H groups in total. The van der Waals surface area contributed by atoms with Crippen molar-refractivity contribution in [1.82, 2.24) is 0 Å². The number of hydrogen-bond acceptors (Lipinski definition) is 3. The van der Waals surface area contributed by atoms with Crippen LogP contribution >= 0.6 is 0 Å². The molecule has 0 heterocycles. The number of anilines is 1. The first-order valence-corrected chi connectivity index (χ1v) is 8.15. The molecule has 4 nitrogen and oxygen atoms in total. The van der Waals surface area contributed by atoms with E-state index in [1.54, 1.807) is 4.72 Å². The summed E-state index contributed by atoms with van der Waals surface area (Å²) in [6.07, 6.45) is -9.74. The van der Waals surface area contributed by atoms with Gasteiger partial charge in [0.2, 0.25) is 0 Å². The highest BCUT2D eigenvalue weighted by molar-refractivity contribution is 7.92. The second-order valence-corrected chi connectivity index (χ2v) is 6.62. The largest absolute Gasteiger partial charge is 0.417 e. The fourth-order valence-corrected chi connectivity index (χ4v) is 3.35. The van der Waals surface area contributed by atoms with E-state index in [0.29, 0.717) is 30.3 Å². The zero-order valence-corrected chi connectivity index (χ0v) is 13.3. The van der Waals surface area contributed by atoms with Gasteiger partial charge in [-0.05, 0) is 30.3 Å². The van der Waals surface area contributed by atoms with Gasteiger partial charge < -0.3 is 0 Å². The highest BCUT2D eigenvalue weighted by atomic mass is 32.2. The molecule has 0 unspecified atom stereocenters. The molecule has 2 aromatic rings. The third-order valence-corrected chi connectivity index (χ3v) is 4.62. The Kier molecular flexibility index (Phi) is 4.92. The van der Waals surface area contributed by atoms with Gasteiger partial charge in [-0.1, -0.05) is 12.1 Å². The molecule has 0 fully saturated rings. The van der Waals surface area contributed by atoms with E-state index in [2.05, 4.69) is 0 Å². The number of sulfonamides is 1. The Balaban J connectivity index is 2.51. The Hall–Kier alpha value is -2.74. The third kappa shape index (κ3) is 4.08. The van der Waals surface area contributed by atoms with Crippen molar-refractivity contribution < 1.29 is 34.8 Å². The number of halogens is 6. The van der Waals surface area contributed by atoms with Crippen molar-refractivity contribution in [1.29, 1.82) is 5.26 Å². The fourth-order valence-electron chi connectivity index (χ4n) is 2.04. The molecular weight excluding hydrogens is 386 g/mol. The smallest absolute Gasteiger partial charge is 0.278 e. The topological polar surface area (TPSA) is 70.0 Å². The summed E-state index contributed by atoms with van der Waals surface area (Å²) in [7, 11) is -4.81. The molecule has 2 aromatic carbocycles. The summed E-state index contributed by atoms with van der Waals surface area (Å²) in [5.74, 6) is 0. The Labute approximate surface area is 143 Å². The maximum absolute atomic E-state index is 13.0. The minimum atomic E-state index is -4.97.